The zero-order valence-corrected chi connectivity index (χ0v) is 14.3. The Kier molecular flexibility index (Phi) is 6.16. The predicted octanol–water partition coefficient (Wildman–Crippen LogP) is 1.94. The highest BCUT2D eigenvalue weighted by molar-refractivity contribution is 7.99. The predicted molar refractivity (Wildman–Crippen MR) is 87.0 cm³/mol. The van der Waals surface area contributed by atoms with Crippen LogP contribution in [0, 0.1) is 5.92 Å². The summed E-state index contributed by atoms with van der Waals surface area (Å²) >= 11 is 1.94. The lowest BCUT2D eigenvalue weighted by Gasteiger charge is -2.34. The topological polar surface area (TPSA) is 62.6 Å². The second-order valence-corrected chi connectivity index (χ2v) is 8.82. The summed E-state index contributed by atoms with van der Waals surface area (Å²) in [5.74, 6) is 2.47. The van der Waals surface area contributed by atoms with E-state index >= 15 is 0 Å². The maximum atomic E-state index is 12.0. The summed E-state index contributed by atoms with van der Waals surface area (Å²) < 4.78 is 32.0. The fourth-order valence-electron chi connectivity index (χ4n) is 2.52. The fraction of sp³-hybridized carbons (Fsp3) is 0.714. The molecule has 5 nitrogen and oxygen atoms in total. The van der Waals surface area contributed by atoms with Crippen molar-refractivity contribution in [3.8, 4) is 0 Å². The van der Waals surface area contributed by atoms with Crippen LogP contribution < -0.4 is 4.72 Å². The highest BCUT2D eigenvalue weighted by atomic mass is 32.2. The van der Waals surface area contributed by atoms with Crippen LogP contribution in [0.25, 0.3) is 0 Å². The van der Waals surface area contributed by atoms with Gasteiger partial charge in [-0.3, -0.25) is 4.90 Å². The van der Waals surface area contributed by atoms with Gasteiger partial charge in [0.2, 0.25) is 10.0 Å². The van der Waals surface area contributed by atoms with Gasteiger partial charge in [0.15, 0.2) is 0 Å². The van der Waals surface area contributed by atoms with Crippen LogP contribution in [0.4, 0.5) is 0 Å². The third-order valence-electron chi connectivity index (χ3n) is 3.46. The minimum atomic E-state index is -3.22. The molecule has 0 radical (unpaired) electrons. The molecule has 2 heterocycles. The molecular formula is C14H24N2O3S2. The minimum Gasteiger partial charge on any atom is -0.472 e. The molecule has 7 heteroatoms. The van der Waals surface area contributed by atoms with Crippen molar-refractivity contribution >= 4 is 21.8 Å². The van der Waals surface area contributed by atoms with Gasteiger partial charge >= 0.3 is 0 Å². The number of hydrogen-bond donors (Lipinski definition) is 1. The Bertz CT molecular complexity index is 508. The van der Waals surface area contributed by atoms with E-state index in [9.17, 15) is 8.42 Å². The van der Waals surface area contributed by atoms with Gasteiger partial charge in [-0.1, -0.05) is 13.8 Å². The van der Waals surface area contributed by atoms with Gasteiger partial charge in [0.1, 0.15) is 0 Å². The number of rotatable bonds is 7. The second kappa shape index (κ2) is 7.67. The Hall–Kier alpha value is -0.500. The van der Waals surface area contributed by atoms with E-state index in [2.05, 4.69) is 9.62 Å². The smallest absolute Gasteiger partial charge is 0.211 e. The molecule has 1 atom stereocenters. The molecule has 0 aliphatic carbocycles. The number of nitrogens with zero attached hydrogens (tertiary/aromatic N) is 1. The molecule has 0 spiro atoms. The van der Waals surface area contributed by atoms with Crippen molar-refractivity contribution in [1.29, 1.82) is 0 Å². The first-order valence-electron chi connectivity index (χ1n) is 7.29. The van der Waals surface area contributed by atoms with E-state index in [1.54, 1.807) is 12.5 Å². The van der Waals surface area contributed by atoms with Crippen LogP contribution in [0.15, 0.2) is 23.0 Å². The first kappa shape index (κ1) is 16.9. The van der Waals surface area contributed by atoms with E-state index < -0.39 is 10.0 Å². The molecule has 21 heavy (non-hydrogen) atoms. The van der Waals surface area contributed by atoms with Crippen LogP contribution in [0.3, 0.4) is 0 Å². The molecule has 1 aliphatic heterocycles. The lowest BCUT2D eigenvalue weighted by Crippen LogP contribution is -2.42. The summed E-state index contributed by atoms with van der Waals surface area (Å²) in [6, 6.07) is 1.97. The van der Waals surface area contributed by atoms with Crippen molar-refractivity contribution in [1.82, 2.24) is 9.62 Å². The molecule has 1 fully saturated rings. The third kappa shape index (κ3) is 5.32. The molecule has 0 saturated carbocycles. The van der Waals surface area contributed by atoms with Gasteiger partial charge in [-0.2, -0.15) is 11.8 Å². The van der Waals surface area contributed by atoms with Crippen molar-refractivity contribution in [2.24, 2.45) is 5.92 Å². The minimum absolute atomic E-state index is 0.0478. The number of hydrogen-bond acceptors (Lipinski definition) is 5. The Labute approximate surface area is 131 Å². The second-order valence-electron chi connectivity index (χ2n) is 5.74. The van der Waals surface area contributed by atoms with E-state index in [1.807, 2.05) is 31.7 Å². The van der Waals surface area contributed by atoms with Gasteiger partial charge in [-0.25, -0.2) is 13.1 Å². The zero-order valence-electron chi connectivity index (χ0n) is 12.6. The van der Waals surface area contributed by atoms with Crippen molar-refractivity contribution in [3.05, 3.63) is 24.2 Å². The quantitative estimate of drug-likeness (QED) is 0.827. The summed E-state index contributed by atoms with van der Waals surface area (Å²) in [6.07, 6.45) is 3.35. The van der Waals surface area contributed by atoms with E-state index in [4.69, 9.17) is 4.42 Å². The lowest BCUT2D eigenvalue weighted by molar-refractivity contribution is 0.218. The van der Waals surface area contributed by atoms with Crippen LogP contribution in [0.2, 0.25) is 0 Å². The summed E-state index contributed by atoms with van der Waals surface area (Å²) in [4.78, 5) is 2.33. The third-order valence-corrected chi connectivity index (χ3v) is 6.12. The van der Waals surface area contributed by atoms with Crippen LogP contribution in [-0.2, 0) is 10.0 Å². The van der Waals surface area contributed by atoms with Crippen LogP contribution >= 0.6 is 11.8 Å². The lowest BCUT2D eigenvalue weighted by atomic mass is 10.1. The van der Waals surface area contributed by atoms with Crippen molar-refractivity contribution in [2.45, 2.75) is 19.9 Å². The number of furan rings is 1. The van der Waals surface area contributed by atoms with E-state index in [0.717, 1.165) is 30.2 Å². The first-order chi connectivity index (χ1) is 9.98. The molecule has 120 valence electrons. The van der Waals surface area contributed by atoms with Crippen LogP contribution in [0.5, 0.6) is 0 Å². The first-order valence-corrected chi connectivity index (χ1v) is 10.1. The van der Waals surface area contributed by atoms with Gasteiger partial charge in [0.25, 0.3) is 0 Å². The molecule has 2 rings (SSSR count). The van der Waals surface area contributed by atoms with Crippen LogP contribution in [-0.4, -0.2) is 50.2 Å². The Morgan fingerprint density at radius 1 is 1.38 bits per heavy atom. The number of sulfonamides is 1. The monoisotopic (exact) mass is 332 g/mol. The molecule has 1 aromatic heterocycles. The molecule has 0 aromatic carbocycles. The largest absolute Gasteiger partial charge is 0.472 e. The van der Waals surface area contributed by atoms with Gasteiger partial charge in [0, 0.05) is 36.7 Å². The molecule has 0 bridgehead atoms. The van der Waals surface area contributed by atoms with Crippen molar-refractivity contribution in [2.75, 3.05) is 36.9 Å². The average molecular weight is 332 g/mol. The number of thioether (sulfide) groups is 1. The number of nitrogens with one attached hydrogen (secondary N) is 1. The summed E-state index contributed by atoms with van der Waals surface area (Å²) in [5, 5.41) is 0. The Balaban J connectivity index is 2.03. The Morgan fingerprint density at radius 2 is 2.10 bits per heavy atom. The van der Waals surface area contributed by atoms with Gasteiger partial charge < -0.3 is 4.42 Å². The van der Waals surface area contributed by atoms with Crippen molar-refractivity contribution < 1.29 is 12.8 Å². The highest BCUT2D eigenvalue weighted by Crippen LogP contribution is 2.24. The van der Waals surface area contributed by atoms with Gasteiger partial charge in [-0.05, 0) is 12.0 Å². The molecule has 0 amide bonds. The summed E-state index contributed by atoms with van der Waals surface area (Å²) in [5.41, 5.74) is 1.04. The molecule has 1 saturated heterocycles. The summed E-state index contributed by atoms with van der Waals surface area (Å²) in [6.45, 7) is 6.18. The standard InChI is InChI=1S/C14H24N2O3S2/c1-12(2)11-21(17,18)15-9-14(13-3-6-19-10-13)16-4-7-20-8-5-16/h3,6,10,12,14-15H,4-5,7-9,11H2,1-2H3/t14-/m1/s1. The maximum absolute atomic E-state index is 12.0. The normalized spacial score (nSPS) is 19.0. The SMILES string of the molecule is CC(C)CS(=O)(=O)NC[C@H](c1ccoc1)N1CCSCC1. The summed E-state index contributed by atoms with van der Waals surface area (Å²) in [7, 11) is -3.22. The average Bonchev–Trinajstić information content (AvgIpc) is 2.92. The van der Waals surface area contributed by atoms with Crippen LogP contribution in [0.1, 0.15) is 25.5 Å². The van der Waals surface area contributed by atoms with E-state index in [-0.39, 0.29) is 17.7 Å². The molecular weight excluding hydrogens is 308 g/mol. The maximum Gasteiger partial charge on any atom is 0.211 e. The van der Waals surface area contributed by atoms with E-state index in [1.165, 1.54) is 0 Å². The fourth-order valence-corrected chi connectivity index (χ4v) is 4.85. The van der Waals surface area contributed by atoms with E-state index in [0.29, 0.717) is 6.54 Å². The molecule has 1 aliphatic rings. The molecule has 1 N–H and O–H groups in total. The Morgan fingerprint density at radius 3 is 2.67 bits per heavy atom. The highest BCUT2D eigenvalue weighted by Gasteiger charge is 2.25. The van der Waals surface area contributed by atoms with Gasteiger partial charge in [-0.15, -0.1) is 0 Å². The zero-order chi connectivity index (χ0) is 15.3. The van der Waals surface area contributed by atoms with Gasteiger partial charge in [0.05, 0.1) is 24.3 Å². The molecule has 0 unspecified atom stereocenters. The molecule has 1 aromatic rings. The van der Waals surface area contributed by atoms with Crippen molar-refractivity contribution in [3.63, 3.8) is 0 Å².